The molecule has 0 aliphatic carbocycles. The minimum atomic E-state index is -0.242. The molecule has 0 aliphatic rings. The van der Waals surface area contributed by atoms with Gasteiger partial charge in [0.25, 0.3) is 5.91 Å². The highest BCUT2D eigenvalue weighted by molar-refractivity contribution is 6.05. The third-order valence-electron chi connectivity index (χ3n) is 1.80. The molecule has 0 saturated carbocycles. The highest BCUT2D eigenvalue weighted by atomic mass is 16.1. The van der Waals surface area contributed by atoms with Crippen LogP contribution in [-0.4, -0.2) is 18.9 Å². The van der Waals surface area contributed by atoms with Gasteiger partial charge in [-0.2, -0.15) is 0 Å². The van der Waals surface area contributed by atoms with Gasteiger partial charge in [-0.15, -0.1) is 0 Å². The van der Waals surface area contributed by atoms with Crippen molar-refractivity contribution in [2.45, 2.75) is 6.92 Å². The van der Waals surface area contributed by atoms with Crippen molar-refractivity contribution in [2.75, 3.05) is 7.05 Å². The van der Waals surface area contributed by atoms with E-state index in [9.17, 15) is 4.79 Å². The minimum Gasteiger partial charge on any atom is -0.370 e. The lowest BCUT2D eigenvalue weighted by Crippen LogP contribution is -2.36. The van der Waals surface area contributed by atoms with Crippen LogP contribution in [0.15, 0.2) is 29.3 Å². The van der Waals surface area contributed by atoms with Crippen LogP contribution in [0.25, 0.3) is 0 Å². The third-order valence-corrected chi connectivity index (χ3v) is 1.80. The van der Waals surface area contributed by atoms with Crippen LogP contribution in [0.5, 0.6) is 0 Å². The summed E-state index contributed by atoms with van der Waals surface area (Å²) in [5, 5.41) is 2.45. The first-order valence-corrected chi connectivity index (χ1v) is 4.23. The molecule has 0 radical (unpaired) electrons. The van der Waals surface area contributed by atoms with E-state index < -0.39 is 0 Å². The fourth-order valence-corrected chi connectivity index (χ4v) is 0.949. The summed E-state index contributed by atoms with van der Waals surface area (Å²) >= 11 is 0. The molecular formula is C10H13N3O. The van der Waals surface area contributed by atoms with Crippen molar-refractivity contribution in [2.24, 2.45) is 10.7 Å². The Balaban J connectivity index is 2.75. The molecule has 4 heteroatoms. The fraction of sp³-hybridized carbons (Fsp3) is 0.200. The first-order chi connectivity index (χ1) is 6.63. The van der Waals surface area contributed by atoms with Crippen molar-refractivity contribution in [3.63, 3.8) is 0 Å². The summed E-state index contributed by atoms with van der Waals surface area (Å²) in [5.41, 5.74) is 7.04. The zero-order valence-corrected chi connectivity index (χ0v) is 8.24. The molecule has 0 atom stereocenters. The molecule has 74 valence electrons. The van der Waals surface area contributed by atoms with Gasteiger partial charge in [0.1, 0.15) is 0 Å². The molecule has 1 rings (SSSR count). The molecule has 0 saturated heterocycles. The van der Waals surface area contributed by atoms with Gasteiger partial charge in [0.05, 0.1) is 0 Å². The smallest absolute Gasteiger partial charge is 0.257 e. The van der Waals surface area contributed by atoms with Crippen LogP contribution in [0.2, 0.25) is 0 Å². The van der Waals surface area contributed by atoms with E-state index in [1.165, 1.54) is 7.05 Å². The van der Waals surface area contributed by atoms with Crippen molar-refractivity contribution >= 4 is 11.9 Å². The molecule has 0 heterocycles. The van der Waals surface area contributed by atoms with E-state index in [0.29, 0.717) is 5.56 Å². The Morgan fingerprint density at radius 3 is 2.43 bits per heavy atom. The van der Waals surface area contributed by atoms with E-state index >= 15 is 0 Å². The number of amides is 1. The lowest BCUT2D eigenvalue weighted by Gasteiger charge is -2.03. The summed E-state index contributed by atoms with van der Waals surface area (Å²) in [6.45, 7) is 1.96. The van der Waals surface area contributed by atoms with Crippen LogP contribution in [0, 0.1) is 6.92 Å². The van der Waals surface area contributed by atoms with E-state index in [-0.39, 0.29) is 11.9 Å². The molecule has 1 amide bonds. The Kier molecular flexibility index (Phi) is 3.23. The van der Waals surface area contributed by atoms with Crippen molar-refractivity contribution in [3.05, 3.63) is 35.4 Å². The van der Waals surface area contributed by atoms with Crippen molar-refractivity contribution in [1.29, 1.82) is 0 Å². The average molecular weight is 191 g/mol. The van der Waals surface area contributed by atoms with Crippen LogP contribution in [0.4, 0.5) is 0 Å². The second-order valence-electron chi connectivity index (χ2n) is 2.93. The summed E-state index contributed by atoms with van der Waals surface area (Å²) in [7, 11) is 1.52. The summed E-state index contributed by atoms with van der Waals surface area (Å²) < 4.78 is 0. The molecule has 0 aromatic heterocycles. The summed E-state index contributed by atoms with van der Waals surface area (Å²) in [4.78, 5) is 15.1. The molecule has 1 aromatic rings. The van der Waals surface area contributed by atoms with Gasteiger partial charge in [-0.25, -0.2) is 0 Å². The van der Waals surface area contributed by atoms with E-state index in [1.807, 2.05) is 19.1 Å². The Morgan fingerprint density at radius 1 is 1.36 bits per heavy atom. The SMILES string of the molecule is CN=C(N)NC(=O)c1ccc(C)cc1. The lowest BCUT2D eigenvalue weighted by molar-refractivity contribution is 0.0976. The van der Waals surface area contributed by atoms with Crippen LogP contribution in [-0.2, 0) is 0 Å². The predicted octanol–water partition coefficient (Wildman–Crippen LogP) is 0.669. The van der Waals surface area contributed by atoms with Gasteiger partial charge in [-0.3, -0.25) is 15.1 Å². The highest BCUT2D eigenvalue weighted by Crippen LogP contribution is 2.02. The predicted molar refractivity (Wildman–Crippen MR) is 56.2 cm³/mol. The van der Waals surface area contributed by atoms with Gasteiger partial charge >= 0.3 is 0 Å². The average Bonchev–Trinajstić information content (AvgIpc) is 2.18. The zero-order chi connectivity index (χ0) is 10.6. The van der Waals surface area contributed by atoms with Crippen molar-refractivity contribution in [3.8, 4) is 0 Å². The molecule has 0 bridgehead atoms. The Labute approximate surface area is 82.8 Å². The van der Waals surface area contributed by atoms with Crippen molar-refractivity contribution < 1.29 is 4.79 Å². The number of nitrogens with one attached hydrogen (secondary N) is 1. The molecule has 14 heavy (non-hydrogen) atoms. The normalized spacial score (nSPS) is 11.1. The van der Waals surface area contributed by atoms with Gasteiger partial charge in [0, 0.05) is 12.6 Å². The van der Waals surface area contributed by atoms with E-state index in [2.05, 4.69) is 10.3 Å². The number of guanidine groups is 1. The Hall–Kier alpha value is -1.84. The standard InChI is InChI=1S/C10H13N3O/c1-7-3-5-8(6-4-7)9(14)13-10(11)12-2/h3-6H,1-2H3,(H3,11,12,13,14). The second kappa shape index (κ2) is 4.41. The number of aliphatic imine (C=N–C) groups is 1. The Morgan fingerprint density at radius 2 is 1.93 bits per heavy atom. The fourth-order valence-electron chi connectivity index (χ4n) is 0.949. The molecule has 0 fully saturated rings. The molecule has 1 aromatic carbocycles. The molecule has 0 unspecified atom stereocenters. The maximum Gasteiger partial charge on any atom is 0.257 e. The van der Waals surface area contributed by atoms with Gasteiger partial charge in [0.2, 0.25) is 0 Å². The van der Waals surface area contributed by atoms with Gasteiger partial charge < -0.3 is 5.73 Å². The molecule has 0 aliphatic heterocycles. The van der Waals surface area contributed by atoms with E-state index in [4.69, 9.17) is 5.73 Å². The molecule has 3 N–H and O–H groups in total. The quantitative estimate of drug-likeness (QED) is 0.506. The summed E-state index contributed by atoms with van der Waals surface area (Å²) in [6, 6.07) is 7.23. The number of hydrogen-bond acceptors (Lipinski definition) is 2. The number of hydrogen-bond donors (Lipinski definition) is 2. The third kappa shape index (κ3) is 2.58. The van der Waals surface area contributed by atoms with Crippen LogP contribution in [0.3, 0.4) is 0 Å². The number of carbonyl (C=O) groups excluding carboxylic acids is 1. The van der Waals surface area contributed by atoms with Gasteiger partial charge in [0.15, 0.2) is 5.96 Å². The number of nitrogens with zero attached hydrogens (tertiary/aromatic N) is 1. The van der Waals surface area contributed by atoms with E-state index in [1.54, 1.807) is 12.1 Å². The van der Waals surface area contributed by atoms with E-state index in [0.717, 1.165) is 5.56 Å². The number of aryl methyl sites for hydroxylation is 1. The molecular weight excluding hydrogens is 178 g/mol. The number of rotatable bonds is 1. The second-order valence-corrected chi connectivity index (χ2v) is 2.93. The monoisotopic (exact) mass is 191 g/mol. The molecule has 4 nitrogen and oxygen atoms in total. The first kappa shape index (κ1) is 10.2. The Bertz CT molecular complexity index is 354. The lowest BCUT2D eigenvalue weighted by atomic mass is 10.1. The number of benzene rings is 1. The molecule has 0 spiro atoms. The van der Waals surface area contributed by atoms with Crippen LogP contribution >= 0.6 is 0 Å². The van der Waals surface area contributed by atoms with Crippen LogP contribution < -0.4 is 11.1 Å². The first-order valence-electron chi connectivity index (χ1n) is 4.23. The van der Waals surface area contributed by atoms with Crippen LogP contribution in [0.1, 0.15) is 15.9 Å². The number of carbonyl (C=O) groups is 1. The zero-order valence-electron chi connectivity index (χ0n) is 8.24. The maximum absolute atomic E-state index is 11.5. The summed E-state index contributed by atoms with van der Waals surface area (Å²) in [5.74, 6) is -0.122. The number of nitrogens with two attached hydrogens (primary N) is 1. The van der Waals surface area contributed by atoms with Crippen molar-refractivity contribution in [1.82, 2.24) is 5.32 Å². The topological polar surface area (TPSA) is 67.5 Å². The maximum atomic E-state index is 11.5. The minimum absolute atomic E-state index is 0.121. The largest absolute Gasteiger partial charge is 0.370 e. The summed E-state index contributed by atoms with van der Waals surface area (Å²) in [6.07, 6.45) is 0. The van der Waals surface area contributed by atoms with Gasteiger partial charge in [-0.05, 0) is 19.1 Å². The highest BCUT2D eigenvalue weighted by Gasteiger charge is 2.04. The van der Waals surface area contributed by atoms with Gasteiger partial charge in [-0.1, -0.05) is 17.7 Å².